The van der Waals surface area contributed by atoms with Gasteiger partial charge in [0.25, 0.3) is 0 Å². The van der Waals surface area contributed by atoms with Gasteiger partial charge in [0.1, 0.15) is 11.6 Å². The summed E-state index contributed by atoms with van der Waals surface area (Å²) in [5.74, 6) is 0. The van der Waals surface area contributed by atoms with Crippen molar-refractivity contribution < 1.29 is 4.57 Å². The van der Waals surface area contributed by atoms with Crippen LogP contribution in [0.4, 0.5) is 0 Å². The fraction of sp³-hybridized carbons (Fsp3) is 0.550. The molecule has 1 aromatic heterocycles. The van der Waals surface area contributed by atoms with E-state index in [0.717, 1.165) is 11.6 Å². The highest BCUT2D eigenvalue weighted by Gasteiger charge is 2.15. The van der Waals surface area contributed by atoms with E-state index in [1.54, 1.807) is 0 Å². The van der Waals surface area contributed by atoms with Gasteiger partial charge in [-0.15, -0.1) is 0 Å². The van der Waals surface area contributed by atoms with Gasteiger partial charge < -0.3 is 0 Å². The summed E-state index contributed by atoms with van der Waals surface area (Å²) in [6.45, 7) is 5.52. The molecule has 0 aliphatic heterocycles. The Balaban J connectivity index is 1.88. The van der Waals surface area contributed by atoms with Crippen LogP contribution in [0.2, 0.25) is 5.02 Å². The largest absolute Gasteiger partial charge is 0.231 e. The van der Waals surface area contributed by atoms with E-state index in [1.807, 2.05) is 12.1 Å². The third-order valence-electron chi connectivity index (χ3n) is 4.45. The van der Waals surface area contributed by atoms with Gasteiger partial charge in [-0.3, -0.25) is 0 Å². The first-order valence-electron chi connectivity index (χ1n) is 8.81. The Bertz CT molecular complexity index is 592. The molecule has 0 saturated heterocycles. The number of hydrogen-bond acceptors (Lipinski definition) is 0. The molecule has 0 spiro atoms. The first-order chi connectivity index (χ1) is 10.7. The molecule has 1 heterocycles. The van der Waals surface area contributed by atoms with E-state index < -0.39 is 0 Å². The number of fused-ring (bicyclic) bond motifs is 1. The van der Waals surface area contributed by atoms with Crippen LogP contribution >= 0.6 is 11.6 Å². The number of para-hydroxylation sites is 1. The van der Waals surface area contributed by atoms with Crippen molar-refractivity contribution in [2.24, 2.45) is 0 Å². The lowest BCUT2D eigenvalue weighted by Crippen LogP contribution is -2.38. The van der Waals surface area contributed by atoms with Crippen LogP contribution < -0.4 is 4.57 Å². The molecular formula is C20H29ClN+. The van der Waals surface area contributed by atoms with Crippen LogP contribution in [0.25, 0.3) is 10.9 Å². The van der Waals surface area contributed by atoms with Gasteiger partial charge in [0.15, 0.2) is 5.69 Å². The van der Waals surface area contributed by atoms with E-state index in [2.05, 4.69) is 36.6 Å². The van der Waals surface area contributed by atoms with Crippen LogP contribution in [0.1, 0.15) is 64.0 Å². The number of rotatable bonds is 9. The van der Waals surface area contributed by atoms with Gasteiger partial charge in [0.05, 0.1) is 0 Å². The number of unbranched alkanes of at least 4 members (excludes halogenated alkanes) is 7. The first kappa shape index (κ1) is 17.3. The molecule has 0 fully saturated rings. The van der Waals surface area contributed by atoms with Crippen molar-refractivity contribution in [2.75, 3.05) is 0 Å². The molecule has 0 aliphatic carbocycles. The topological polar surface area (TPSA) is 3.88 Å². The van der Waals surface area contributed by atoms with Crippen LogP contribution in [0.15, 0.2) is 30.3 Å². The highest BCUT2D eigenvalue weighted by molar-refractivity contribution is 6.34. The Morgan fingerprint density at radius 2 is 1.55 bits per heavy atom. The number of benzene rings is 1. The van der Waals surface area contributed by atoms with E-state index in [9.17, 15) is 0 Å². The average Bonchev–Trinajstić information content (AvgIpc) is 2.52. The van der Waals surface area contributed by atoms with Gasteiger partial charge in [-0.1, -0.05) is 63.1 Å². The summed E-state index contributed by atoms with van der Waals surface area (Å²) in [5, 5.41) is 2.10. The maximum absolute atomic E-state index is 6.42. The summed E-state index contributed by atoms with van der Waals surface area (Å²) < 4.78 is 2.38. The molecular weight excluding hydrogens is 290 g/mol. The monoisotopic (exact) mass is 318 g/mol. The van der Waals surface area contributed by atoms with Gasteiger partial charge in [-0.25, -0.2) is 0 Å². The Labute approximate surface area is 140 Å². The molecule has 0 bridgehead atoms. The van der Waals surface area contributed by atoms with Crippen molar-refractivity contribution in [1.29, 1.82) is 0 Å². The number of nitrogens with zero attached hydrogens (tertiary/aromatic N) is 1. The van der Waals surface area contributed by atoms with Crippen molar-refractivity contribution in [2.45, 2.75) is 71.8 Å². The second-order valence-corrected chi connectivity index (χ2v) is 6.69. The minimum Gasteiger partial charge on any atom is -0.195 e. The van der Waals surface area contributed by atoms with Gasteiger partial charge in [0, 0.05) is 24.8 Å². The van der Waals surface area contributed by atoms with Crippen LogP contribution in [-0.2, 0) is 6.54 Å². The molecule has 0 radical (unpaired) electrons. The molecule has 2 rings (SSSR count). The number of halogens is 1. The molecule has 2 aromatic rings. The maximum Gasteiger partial charge on any atom is 0.231 e. The Hall–Kier alpha value is -1.08. The lowest BCUT2D eigenvalue weighted by atomic mass is 10.1. The standard InChI is InChI=1S/C20H29ClN/c1-3-4-5-6-7-8-9-10-16-22-17(2)14-15-18-12-11-13-19(21)20(18)22/h11-15H,3-10,16H2,1-2H3/q+1. The maximum atomic E-state index is 6.42. The molecule has 0 N–H and O–H groups in total. The van der Waals surface area contributed by atoms with Crippen molar-refractivity contribution in [1.82, 2.24) is 0 Å². The Morgan fingerprint density at radius 1 is 0.864 bits per heavy atom. The zero-order valence-electron chi connectivity index (χ0n) is 14.1. The lowest BCUT2D eigenvalue weighted by Gasteiger charge is -2.06. The third-order valence-corrected chi connectivity index (χ3v) is 4.76. The van der Waals surface area contributed by atoms with Crippen LogP contribution in [0.3, 0.4) is 0 Å². The normalized spacial score (nSPS) is 11.2. The molecule has 0 amide bonds. The average molecular weight is 319 g/mol. The van der Waals surface area contributed by atoms with E-state index in [-0.39, 0.29) is 0 Å². The smallest absolute Gasteiger partial charge is 0.195 e. The molecule has 0 aliphatic rings. The minimum absolute atomic E-state index is 0.862. The number of hydrogen-bond donors (Lipinski definition) is 0. The number of pyridine rings is 1. The summed E-state index contributed by atoms with van der Waals surface area (Å²) in [6.07, 6.45) is 10.8. The lowest BCUT2D eigenvalue weighted by molar-refractivity contribution is -0.677. The summed E-state index contributed by atoms with van der Waals surface area (Å²) in [7, 11) is 0. The molecule has 22 heavy (non-hydrogen) atoms. The highest BCUT2D eigenvalue weighted by Crippen LogP contribution is 2.20. The third kappa shape index (κ3) is 4.71. The summed E-state index contributed by atoms with van der Waals surface area (Å²) in [4.78, 5) is 0. The van der Waals surface area contributed by atoms with Crippen molar-refractivity contribution in [3.63, 3.8) is 0 Å². The first-order valence-corrected chi connectivity index (χ1v) is 9.19. The predicted molar refractivity (Wildman–Crippen MR) is 96.5 cm³/mol. The summed E-state index contributed by atoms with van der Waals surface area (Å²) >= 11 is 6.42. The Kier molecular flexibility index (Phi) is 7.18. The van der Waals surface area contributed by atoms with Crippen molar-refractivity contribution in [3.05, 3.63) is 41.0 Å². The molecule has 0 atom stereocenters. The second kappa shape index (κ2) is 9.15. The van der Waals surface area contributed by atoms with E-state index in [1.165, 1.54) is 68.0 Å². The zero-order chi connectivity index (χ0) is 15.8. The predicted octanol–water partition coefficient (Wildman–Crippen LogP) is 6.23. The zero-order valence-corrected chi connectivity index (χ0v) is 14.8. The number of aryl methyl sites for hydroxylation is 2. The fourth-order valence-corrected chi connectivity index (χ4v) is 3.40. The van der Waals surface area contributed by atoms with Crippen LogP contribution in [0.5, 0.6) is 0 Å². The quantitative estimate of drug-likeness (QED) is 0.381. The van der Waals surface area contributed by atoms with Crippen LogP contribution in [0, 0.1) is 6.92 Å². The summed E-state index contributed by atoms with van der Waals surface area (Å²) in [5.41, 5.74) is 2.48. The Morgan fingerprint density at radius 3 is 2.27 bits per heavy atom. The molecule has 1 nitrogen and oxygen atoms in total. The molecule has 0 unspecified atom stereocenters. The molecule has 2 heteroatoms. The van der Waals surface area contributed by atoms with Crippen molar-refractivity contribution >= 4 is 22.5 Å². The van der Waals surface area contributed by atoms with Gasteiger partial charge >= 0.3 is 0 Å². The SMILES string of the molecule is CCCCCCCCCC[n+]1c(C)ccc2cccc(Cl)c21. The second-order valence-electron chi connectivity index (χ2n) is 6.28. The highest BCUT2D eigenvalue weighted by atomic mass is 35.5. The van der Waals surface area contributed by atoms with E-state index in [0.29, 0.717) is 0 Å². The van der Waals surface area contributed by atoms with Crippen molar-refractivity contribution in [3.8, 4) is 0 Å². The number of aromatic nitrogens is 1. The van der Waals surface area contributed by atoms with E-state index >= 15 is 0 Å². The fourth-order valence-electron chi connectivity index (χ4n) is 3.12. The molecule has 1 aromatic carbocycles. The van der Waals surface area contributed by atoms with Crippen LogP contribution in [-0.4, -0.2) is 0 Å². The van der Waals surface area contributed by atoms with Gasteiger partial charge in [0.2, 0.25) is 5.52 Å². The van der Waals surface area contributed by atoms with Gasteiger partial charge in [-0.2, -0.15) is 4.57 Å². The molecule has 120 valence electrons. The van der Waals surface area contributed by atoms with Gasteiger partial charge in [-0.05, 0) is 24.6 Å². The van der Waals surface area contributed by atoms with E-state index in [4.69, 9.17) is 11.6 Å². The minimum atomic E-state index is 0.862. The summed E-state index contributed by atoms with van der Waals surface area (Å²) in [6, 6.07) is 10.5. The molecule has 0 saturated carbocycles.